The largest absolute Gasteiger partial charge is 0.475 e. The normalized spacial score (nSPS) is 22.9. The molecule has 2 bridgehead atoms. The van der Waals surface area contributed by atoms with Crippen LogP contribution in [0, 0.1) is 0 Å². The average molecular weight is 604 g/mol. The topological polar surface area (TPSA) is 129 Å². The maximum absolute atomic E-state index is 14.2. The van der Waals surface area contributed by atoms with Crippen LogP contribution in [0.15, 0.2) is 77.8 Å². The van der Waals surface area contributed by atoms with E-state index in [1.807, 2.05) is 23.1 Å². The van der Waals surface area contributed by atoms with Crippen LogP contribution in [0.4, 0.5) is 0 Å². The number of carbonyl (C=O) groups excluding carboxylic acids is 3. The van der Waals surface area contributed by atoms with Gasteiger partial charge in [0.1, 0.15) is 12.2 Å². The highest BCUT2D eigenvalue weighted by atomic mass is 32.2. The summed E-state index contributed by atoms with van der Waals surface area (Å²) >= 11 is 0. The smallest absolute Gasteiger partial charge is 0.257 e. The first-order valence-electron chi connectivity index (χ1n) is 14.2. The Morgan fingerprint density at radius 2 is 1.77 bits per heavy atom. The predicted octanol–water partition coefficient (Wildman–Crippen LogP) is 1.60. The molecule has 43 heavy (non-hydrogen) atoms. The number of piperazine rings is 1. The van der Waals surface area contributed by atoms with Crippen molar-refractivity contribution >= 4 is 27.6 Å². The van der Waals surface area contributed by atoms with Crippen molar-refractivity contribution in [1.82, 2.24) is 25.0 Å². The lowest BCUT2D eigenvalue weighted by Gasteiger charge is -2.43. The second-order valence-corrected chi connectivity index (χ2v) is 13.3. The third-order valence-corrected chi connectivity index (χ3v) is 9.39. The van der Waals surface area contributed by atoms with Crippen molar-refractivity contribution in [2.75, 3.05) is 39.0 Å². The quantitative estimate of drug-likeness (QED) is 0.476. The van der Waals surface area contributed by atoms with Crippen LogP contribution in [0.1, 0.15) is 32.7 Å². The van der Waals surface area contributed by atoms with Gasteiger partial charge < -0.3 is 19.9 Å². The van der Waals surface area contributed by atoms with E-state index in [4.69, 9.17) is 4.74 Å². The van der Waals surface area contributed by atoms with Gasteiger partial charge in [0.25, 0.3) is 11.8 Å². The number of nitrogens with zero attached hydrogens (tertiary/aromatic N) is 4. The fraction of sp³-hybridized carbons (Fsp3) is 0.355. The molecular weight excluding hydrogens is 570 g/mol. The van der Waals surface area contributed by atoms with Gasteiger partial charge in [-0.1, -0.05) is 30.3 Å². The Hall–Kier alpha value is -4.29. The lowest BCUT2D eigenvalue weighted by atomic mass is 10.1. The maximum Gasteiger partial charge on any atom is 0.257 e. The first-order valence-corrected chi connectivity index (χ1v) is 16.1. The Kier molecular flexibility index (Phi) is 7.89. The summed E-state index contributed by atoms with van der Waals surface area (Å²) in [6.07, 6.45) is 3.13. The van der Waals surface area contributed by atoms with E-state index >= 15 is 0 Å². The van der Waals surface area contributed by atoms with E-state index in [1.54, 1.807) is 64.5 Å². The number of fused-ring (bicyclic) bond motifs is 4. The number of rotatable bonds is 4. The molecule has 2 fully saturated rings. The Morgan fingerprint density at radius 1 is 1.00 bits per heavy atom. The van der Waals surface area contributed by atoms with E-state index in [9.17, 15) is 22.8 Å². The van der Waals surface area contributed by atoms with Crippen molar-refractivity contribution in [3.8, 4) is 5.88 Å². The number of pyridine rings is 1. The first-order chi connectivity index (χ1) is 20.7. The first kappa shape index (κ1) is 28.8. The number of aromatic nitrogens is 1. The summed E-state index contributed by atoms with van der Waals surface area (Å²) in [5, 5.41) is 3.06. The molecule has 0 aliphatic carbocycles. The van der Waals surface area contributed by atoms with Crippen LogP contribution in [-0.4, -0.2) is 103 Å². The molecule has 11 nitrogen and oxygen atoms in total. The summed E-state index contributed by atoms with van der Waals surface area (Å²) in [6, 6.07) is 17.7. The SMILES string of the molecule is CS(=O)(=O)c1ccc(CN2C[C@@H]3C[C@H]2C(=O)N2CCN(C(=O)c4ccccc4)C[C@H]2COc2ncccc2C(=O)N3)cc1. The second kappa shape index (κ2) is 11.8. The minimum absolute atomic E-state index is 0.0602. The Morgan fingerprint density at radius 3 is 2.51 bits per heavy atom. The number of likely N-dealkylation sites (tertiary alicyclic amines) is 1. The zero-order valence-electron chi connectivity index (χ0n) is 23.8. The molecule has 6 rings (SSSR count). The molecule has 1 N–H and O–H groups in total. The molecule has 0 unspecified atom stereocenters. The van der Waals surface area contributed by atoms with Gasteiger partial charge in [-0.3, -0.25) is 19.3 Å². The van der Waals surface area contributed by atoms with Crippen LogP contribution in [-0.2, 0) is 21.2 Å². The second-order valence-electron chi connectivity index (χ2n) is 11.2. The van der Waals surface area contributed by atoms with Crippen molar-refractivity contribution in [3.63, 3.8) is 0 Å². The highest BCUT2D eigenvalue weighted by Gasteiger charge is 2.43. The van der Waals surface area contributed by atoms with Crippen molar-refractivity contribution in [2.45, 2.75) is 36.0 Å². The van der Waals surface area contributed by atoms with Gasteiger partial charge in [0.15, 0.2) is 9.84 Å². The van der Waals surface area contributed by atoms with Crippen LogP contribution in [0.3, 0.4) is 0 Å². The molecule has 4 heterocycles. The lowest BCUT2D eigenvalue weighted by molar-refractivity contribution is -0.141. The number of benzene rings is 2. The fourth-order valence-corrected chi connectivity index (χ4v) is 6.69. The van der Waals surface area contributed by atoms with Crippen LogP contribution in [0.5, 0.6) is 5.88 Å². The highest BCUT2D eigenvalue weighted by molar-refractivity contribution is 7.90. The zero-order valence-corrected chi connectivity index (χ0v) is 24.6. The van der Waals surface area contributed by atoms with Gasteiger partial charge >= 0.3 is 0 Å². The van der Waals surface area contributed by atoms with Gasteiger partial charge in [0, 0.05) is 56.8 Å². The lowest BCUT2D eigenvalue weighted by Crippen LogP contribution is -2.61. The number of hydrogen-bond donors (Lipinski definition) is 1. The molecule has 3 aliphatic heterocycles. The van der Waals surface area contributed by atoms with Gasteiger partial charge in [-0.15, -0.1) is 0 Å². The molecular formula is C31H33N5O6S. The molecule has 0 saturated carbocycles. The Balaban J connectivity index is 1.30. The highest BCUT2D eigenvalue weighted by Crippen LogP contribution is 2.27. The Bertz CT molecular complexity index is 1630. The van der Waals surface area contributed by atoms with Crippen molar-refractivity contribution in [3.05, 3.63) is 89.6 Å². The monoisotopic (exact) mass is 603 g/mol. The summed E-state index contributed by atoms with van der Waals surface area (Å²) in [5.41, 5.74) is 1.74. The summed E-state index contributed by atoms with van der Waals surface area (Å²) in [6.45, 7) is 1.89. The van der Waals surface area contributed by atoms with Gasteiger partial charge in [0.2, 0.25) is 11.8 Å². The Labute approximate surface area is 250 Å². The van der Waals surface area contributed by atoms with Gasteiger partial charge in [0.05, 0.1) is 17.0 Å². The van der Waals surface area contributed by atoms with E-state index < -0.39 is 21.9 Å². The third kappa shape index (κ3) is 6.11. The van der Waals surface area contributed by atoms with Crippen molar-refractivity contribution < 1.29 is 27.5 Å². The maximum atomic E-state index is 14.2. The fourth-order valence-electron chi connectivity index (χ4n) is 6.06. The molecule has 2 aromatic carbocycles. The third-order valence-electron chi connectivity index (χ3n) is 8.26. The number of carbonyl (C=O) groups is 3. The molecule has 3 amide bonds. The molecule has 3 aromatic rings. The average Bonchev–Trinajstić information content (AvgIpc) is 3.40. The van der Waals surface area contributed by atoms with Gasteiger partial charge in [-0.2, -0.15) is 0 Å². The number of amides is 3. The van der Waals surface area contributed by atoms with E-state index in [-0.39, 0.29) is 47.7 Å². The van der Waals surface area contributed by atoms with Gasteiger partial charge in [-0.05, 0) is 48.4 Å². The molecule has 0 radical (unpaired) electrons. The zero-order chi connectivity index (χ0) is 30.1. The number of hydrogen-bond acceptors (Lipinski definition) is 8. The molecule has 3 aliphatic rings. The molecule has 2 saturated heterocycles. The number of ether oxygens (including phenoxy) is 1. The number of nitrogens with one attached hydrogen (secondary N) is 1. The summed E-state index contributed by atoms with van der Waals surface area (Å²) in [4.78, 5) is 50.9. The summed E-state index contributed by atoms with van der Waals surface area (Å²) < 4.78 is 29.9. The van der Waals surface area contributed by atoms with Crippen LogP contribution >= 0.6 is 0 Å². The van der Waals surface area contributed by atoms with E-state index in [0.717, 1.165) is 11.8 Å². The van der Waals surface area contributed by atoms with Crippen LogP contribution in [0.25, 0.3) is 0 Å². The minimum Gasteiger partial charge on any atom is -0.475 e. The molecule has 3 atom stereocenters. The van der Waals surface area contributed by atoms with E-state index in [0.29, 0.717) is 43.7 Å². The van der Waals surface area contributed by atoms with Crippen LogP contribution in [0.2, 0.25) is 0 Å². The van der Waals surface area contributed by atoms with E-state index in [1.165, 1.54) is 0 Å². The van der Waals surface area contributed by atoms with Crippen LogP contribution < -0.4 is 10.1 Å². The summed E-state index contributed by atoms with van der Waals surface area (Å²) in [5.74, 6) is -0.360. The minimum atomic E-state index is -3.33. The van der Waals surface area contributed by atoms with Crippen molar-refractivity contribution in [1.29, 1.82) is 0 Å². The predicted molar refractivity (Wildman–Crippen MR) is 157 cm³/mol. The van der Waals surface area contributed by atoms with Gasteiger partial charge in [-0.25, -0.2) is 13.4 Å². The van der Waals surface area contributed by atoms with E-state index in [2.05, 4.69) is 10.3 Å². The standard InChI is InChI=1S/C31H33N5O6S/c1-43(40,41)25-11-9-21(10-12-25)17-35-18-23-16-27(35)31(39)36-15-14-34(30(38)22-6-3-2-4-7-22)19-24(36)20-42-29-26(28(37)33-23)8-5-13-32-29/h2-13,23-24,27H,14-20H2,1H3,(H,33,37)/t23-,24-,27-/m0/s1. The van der Waals surface area contributed by atoms with Crippen molar-refractivity contribution in [2.24, 2.45) is 0 Å². The number of sulfone groups is 1. The molecule has 12 heteroatoms. The summed E-state index contributed by atoms with van der Waals surface area (Å²) in [7, 11) is -3.33. The molecule has 0 spiro atoms. The molecule has 224 valence electrons. The molecule has 1 aromatic heterocycles.